The SMILES string of the molecule is CC.CC.CC.CC.CC.CC.CC.COC.COC.COC.COC.COC.COC.O=C(c1ccccc1)c1ccccc1.O=C1OC(c2ccccc2)(c2ccccc2)c2ccccc21.O=S(=O)(c1ccccc1)c1ccccc1.c1ccc2ccccc2c1.c1ccc2ccccc2c1.c1cncnc1.c1ncncn1. The smallest absolute Gasteiger partial charge is 0.340 e. The van der Waals surface area contributed by atoms with Crippen LogP contribution in [-0.4, -0.2) is 130 Å². The highest BCUT2D eigenvalue weighted by Crippen LogP contribution is 2.46. The summed E-state index contributed by atoms with van der Waals surface area (Å²) in [6.45, 7) is 28.0. The number of hydrogen-bond acceptors (Lipinski definition) is 16. The third-order valence-corrected chi connectivity index (χ3v) is 14.3. The minimum atomic E-state index is -3.34. The van der Waals surface area contributed by atoms with Crippen LogP contribution in [0.1, 0.15) is 140 Å². The molecule has 0 radical (unpaired) electrons. The lowest BCUT2D eigenvalue weighted by molar-refractivity contribution is 0.0251. The van der Waals surface area contributed by atoms with Gasteiger partial charge in [-0.15, -0.1) is 0 Å². The summed E-state index contributed by atoms with van der Waals surface area (Å²) in [5, 5.41) is 5.24. The van der Waals surface area contributed by atoms with Gasteiger partial charge in [0.1, 0.15) is 25.3 Å². The fourth-order valence-electron chi connectivity index (χ4n) is 8.56. The zero-order valence-corrected chi connectivity index (χ0v) is 74.4. The van der Waals surface area contributed by atoms with Gasteiger partial charge in [-0.3, -0.25) is 4.79 Å². The Morgan fingerprint density at radius 2 is 0.487 bits per heavy atom. The molecule has 2 aromatic heterocycles. The second kappa shape index (κ2) is 85.3. The summed E-state index contributed by atoms with van der Waals surface area (Å²) in [7, 11) is 16.2. The first-order chi connectivity index (χ1) is 56.3. The average molecular weight is 1590 g/mol. The lowest BCUT2D eigenvalue weighted by atomic mass is 9.80. The van der Waals surface area contributed by atoms with Crippen molar-refractivity contribution >= 4 is 43.1 Å². The number of fused-ring (bicyclic) bond motifs is 3. The van der Waals surface area contributed by atoms with Crippen molar-refractivity contribution in [2.75, 3.05) is 85.3 Å². The molecule has 17 heteroatoms. The summed E-state index contributed by atoms with van der Waals surface area (Å²) in [5.41, 5.74) is 4.06. The summed E-state index contributed by atoms with van der Waals surface area (Å²) in [5.74, 6) is -0.200. The first-order valence-corrected chi connectivity index (χ1v) is 39.8. The van der Waals surface area contributed by atoms with E-state index >= 15 is 0 Å². The number of cyclic esters (lactones) is 1. The highest BCUT2D eigenvalue weighted by molar-refractivity contribution is 7.91. The number of sulfone groups is 1. The molecule has 0 atom stereocenters. The van der Waals surface area contributed by atoms with Crippen LogP contribution >= 0.6 is 0 Å². The minimum Gasteiger partial charge on any atom is -0.441 e. The third kappa shape index (κ3) is 51.3. The van der Waals surface area contributed by atoms with Crippen LogP contribution in [0.15, 0.2) is 357 Å². The van der Waals surface area contributed by atoms with Crippen LogP contribution in [0.5, 0.6) is 0 Å². The Bertz CT molecular complexity index is 3820. The Morgan fingerprint density at radius 1 is 0.278 bits per heavy atom. The molecule has 16 nitrogen and oxygen atoms in total. The molecule has 0 bridgehead atoms. The van der Waals surface area contributed by atoms with E-state index in [0.717, 1.165) is 27.8 Å². The van der Waals surface area contributed by atoms with Crippen LogP contribution in [0, 0.1) is 0 Å². The maximum absolute atomic E-state index is 12.4. The molecule has 3 heterocycles. The summed E-state index contributed by atoms with van der Waals surface area (Å²) in [4.78, 5) is 42.9. The molecule has 13 aromatic rings. The Hall–Kier alpha value is -11.1. The van der Waals surface area contributed by atoms with Crippen molar-refractivity contribution in [1.29, 1.82) is 0 Å². The van der Waals surface area contributed by atoms with E-state index < -0.39 is 15.4 Å². The molecule has 115 heavy (non-hydrogen) atoms. The predicted octanol–water partition coefficient (Wildman–Crippen LogP) is 24.4. The van der Waals surface area contributed by atoms with Gasteiger partial charge in [0, 0.05) is 126 Å². The van der Waals surface area contributed by atoms with Crippen molar-refractivity contribution in [2.24, 2.45) is 0 Å². The quantitative estimate of drug-likeness (QED) is 0.112. The van der Waals surface area contributed by atoms with Crippen LogP contribution in [0.4, 0.5) is 0 Å². The largest absolute Gasteiger partial charge is 0.441 e. The first-order valence-electron chi connectivity index (χ1n) is 38.3. The second-order valence-corrected chi connectivity index (χ2v) is 22.3. The van der Waals surface area contributed by atoms with Crippen LogP contribution < -0.4 is 0 Å². The van der Waals surface area contributed by atoms with Crippen molar-refractivity contribution in [1.82, 2.24) is 24.9 Å². The fourth-order valence-corrected chi connectivity index (χ4v) is 9.87. The minimum absolute atomic E-state index is 0.0752. The number of methoxy groups -OCH3 is 6. The number of hydrogen-bond donors (Lipinski definition) is 0. The molecule has 0 amide bonds. The van der Waals surface area contributed by atoms with Crippen molar-refractivity contribution in [2.45, 2.75) is 112 Å². The number of carbonyl (C=O) groups excluding carboxylic acids is 2. The second-order valence-electron chi connectivity index (χ2n) is 20.4. The molecule has 1 aliphatic heterocycles. The number of aromatic nitrogens is 5. The van der Waals surface area contributed by atoms with Gasteiger partial charge >= 0.3 is 5.97 Å². The number of ether oxygens (including phenoxy) is 7. The number of benzene rings is 11. The van der Waals surface area contributed by atoms with E-state index in [1.165, 1.54) is 46.9 Å². The van der Waals surface area contributed by atoms with Gasteiger partial charge in [0.25, 0.3) is 0 Å². The third-order valence-electron chi connectivity index (χ3n) is 12.5. The Balaban J connectivity index is -0.000000290. The van der Waals surface area contributed by atoms with E-state index in [4.69, 9.17) is 4.74 Å². The van der Waals surface area contributed by atoms with Gasteiger partial charge in [-0.1, -0.05) is 370 Å². The van der Waals surface area contributed by atoms with Gasteiger partial charge in [-0.05, 0) is 57.9 Å². The molecule has 0 aliphatic carbocycles. The van der Waals surface area contributed by atoms with Crippen molar-refractivity contribution in [3.63, 3.8) is 0 Å². The number of rotatable bonds is 6. The maximum atomic E-state index is 12.4. The molecule has 14 rings (SSSR count). The van der Waals surface area contributed by atoms with E-state index in [0.29, 0.717) is 15.4 Å². The summed E-state index contributed by atoms with van der Waals surface area (Å²) in [6.07, 6.45) is 9.19. The molecule has 0 spiro atoms. The highest BCUT2D eigenvalue weighted by Gasteiger charge is 2.48. The lowest BCUT2D eigenvalue weighted by Gasteiger charge is -2.30. The van der Waals surface area contributed by atoms with Crippen LogP contribution in [0.2, 0.25) is 0 Å². The molecule has 0 saturated carbocycles. The zero-order chi connectivity index (χ0) is 87.9. The summed E-state index contributed by atoms with van der Waals surface area (Å²) in [6, 6.07) is 98.1. The van der Waals surface area contributed by atoms with E-state index in [9.17, 15) is 18.0 Å². The topological polar surface area (TPSA) is 197 Å². The normalized spacial score (nSPS) is 9.43. The number of nitrogens with zero attached hydrogens (tertiary/aromatic N) is 5. The number of carbonyl (C=O) groups is 2. The molecular weight excluding hydrogens is 1460 g/mol. The highest BCUT2D eigenvalue weighted by atomic mass is 32.2. The molecule has 0 fully saturated rings. The van der Waals surface area contributed by atoms with Gasteiger partial charge in [0.15, 0.2) is 11.4 Å². The number of ketones is 1. The lowest BCUT2D eigenvalue weighted by Crippen LogP contribution is -2.29. The van der Waals surface area contributed by atoms with Crippen molar-refractivity contribution in [3.8, 4) is 0 Å². The molecular formula is C98H135N5O11S. The van der Waals surface area contributed by atoms with Crippen LogP contribution in [0.3, 0.4) is 0 Å². The van der Waals surface area contributed by atoms with Gasteiger partial charge in [-0.2, -0.15) is 0 Å². The monoisotopic (exact) mass is 1590 g/mol. The van der Waals surface area contributed by atoms with Gasteiger partial charge in [0.05, 0.1) is 15.4 Å². The Labute approximate surface area is 693 Å². The summed E-state index contributed by atoms with van der Waals surface area (Å²) >= 11 is 0. The predicted molar refractivity (Wildman–Crippen MR) is 486 cm³/mol. The zero-order valence-electron chi connectivity index (χ0n) is 73.5. The van der Waals surface area contributed by atoms with Gasteiger partial charge in [0.2, 0.25) is 9.84 Å². The van der Waals surface area contributed by atoms with E-state index in [1.807, 2.05) is 243 Å². The standard InChI is InChI=1S/C20H14O2.C13H10O.C12H10O2S.2C10H8.C4H4N2.C3H3N3.6C2H6O.7C2H6/c21-19-17-13-7-8-14-18(17)20(22-19,15-9-3-1-4-10-15)16-11-5-2-6-12-16;14-13(11-7-3-1-4-8-11)12-9-5-2-6-10-12;13-15(14,11-7-3-1-4-8-11)12-9-5-2-6-10-12;2*1-2-6-10-8-4-3-7-9(10)5-1;1-2-5-4-6-3-1;1-4-2-6-3-5-1;6*1-3-2;7*1-2/h1-14H;1-10H;1-10H;2*1-8H;1-4H;1-3H;6*1-2H3;7*1-2H3. The molecule has 11 aromatic carbocycles. The van der Waals surface area contributed by atoms with E-state index in [-0.39, 0.29) is 11.8 Å². The van der Waals surface area contributed by atoms with Crippen molar-refractivity contribution in [3.05, 3.63) is 380 Å². The molecule has 624 valence electrons. The molecule has 0 unspecified atom stereocenters. The van der Waals surface area contributed by atoms with Gasteiger partial charge < -0.3 is 33.2 Å². The van der Waals surface area contributed by atoms with E-state index in [1.54, 1.807) is 164 Å². The van der Waals surface area contributed by atoms with Gasteiger partial charge in [-0.25, -0.2) is 38.1 Å². The number of esters is 1. The van der Waals surface area contributed by atoms with Crippen molar-refractivity contribution < 1.29 is 51.2 Å². The Morgan fingerprint density at radius 3 is 0.713 bits per heavy atom. The average Bonchev–Trinajstić information content (AvgIpc) is 1.58. The molecule has 0 N–H and O–H groups in total. The fraction of sp³-hybridized carbons (Fsp3) is 0.276. The Kier molecular flexibility index (Phi) is 85.1. The maximum Gasteiger partial charge on any atom is 0.340 e. The summed E-state index contributed by atoms with van der Waals surface area (Å²) < 4.78 is 55.5. The van der Waals surface area contributed by atoms with E-state index in [2.05, 4.69) is 150 Å². The van der Waals surface area contributed by atoms with Crippen LogP contribution in [-0.2, 0) is 48.6 Å². The molecule has 1 aliphatic rings. The first kappa shape index (κ1) is 115. The molecule has 0 saturated heterocycles. The van der Waals surface area contributed by atoms with Crippen LogP contribution in [0.25, 0.3) is 21.5 Å².